The second-order valence-corrected chi connectivity index (χ2v) is 2.90. The maximum Gasteiger partial charge on any atom is 0.149 e. The van der Waals surface area contributed by atoms with Crippen LogP contribution in [0, 0.1) is 0 Å². The van der Waals surface area contributed by atoms with Crippen molar-refractivity contribution in [3.8, 4) is 0 Å². The third-order valence-electron chi connectivity index (χ3n) is 2.13. The molecule has 0 amide bonds. The molecule has 4 nitrogen and oxygen atoms in total. The predicted molar refractivity (Wildman–Crippen MR) is 46.6 cm³/mol. The Labute approximate surface area is 70.2 Å². The Balaban J connectivity index is 2.03. The minimum absolute atomic E-state index is 0.874. The van der Waals surface area contributed by atoms with Crippen molar-refractivity contribution >= 4 is 12.4 Å². The molecule has 0 aromatic heterocycles. The summed E-state index contributed by atoms with van der Waals surface area (Å²) in [5.74, 6) is 2.04. The molecule has 12 heavy (non-hydrogen) atoms. The van der Waals surface area contributed by atoms with Gasteiger partial charge in [-0.1, -0.05) is 0 Å². The summed E-state index contributed by atoms with van der Waals surface area (Å²) in [5, 5.41) is 0. The molecule has 0 N–H and O–H groups in total. The maximum atomic E-state index is 4.24. The van der Waals surface area contributed by atoms with Gasteiger partial charge in [0.15, 0.2) is 0 Å². The van der Waals surface area contributed by atoms with Crippen LogP contribution in [0.1, 0.15) is 0 Å². The van der Waals surface area contributed by atoms with Crippen molar-refractivity contribution in [2.75, 3.05) is 13.1 Å². The third-order valence-corrected chi connectivity index (χ3v) is 2.13. The molecule has 0 aromatic rings. The molecule has 0 fully saturated rings. The molecule has 0 aromatic carbocycles. The van der Waals surface area contributed by atoms with Gasteiger partial charge in [-0.25, -0.2) is 9.98 Å². The summed E-state index contributed by atoms with van der Waals surface area (Å²) in [7, 11) is 0. The molecule has 0 unspecified atom stereocenters. The van der Waals surface area contributed by atoms with Gasteiger partial charge in [-0.3, -0.25) is 0 Å². The SMILES string of the molecule is C1=NC2=CN3CC=NC3=CN2C1. The van der Waals surface area contributed by atoms with Gasteiger partial charge in [0, 0.05) is 24.8 Å². The maximum absolute atomic E-state index is 4.24. The molecule has 0 aliphatic carbocycles. The quantitative estimate of drug-likeness (QED) is 0.512. The lowest BCUT2D eigenvalue weighted by Crippen LogP contribution is -2.24. The number of hydrogen-bond acceptors (Lipinski definition) is 4. The van der Waals surface area contributed by atoms with Crippen molar-refractivity contribution in [1.29, 1.82) is 0 Å². The topological polar surface area (TPSA) is 31.2 Å². The van der Waals surface area contributed by atoms with Crippen LogP contribution >= 0.6 is 0 Å². The Morgan fingerprint density at radius 3 is 1.92 bits per heavy atom. The summed E-state index contributed by atoms with van der Waals surface area (Å²) in [4.78, 5) is 12.7. The Kier molecular flexibility index (Phi) is 0.983. The zero-order chi connectivity index (χ0) is 7.97. The second kappa shape index (κ2) is 1.97. The normalized spacial score (nSPS) is 24.0. The van der Waals surface area contributed by atoms with Crippen LogP contribution in [-0.4, -0.2) is 35.3 Å². The standard InChI is InChI=1S/C8H8N4/c1-3-11-6-8-10-2-4-12(8)5-7(11)9-1/h1-2,5-6H,3-4H2. The molecule has 3 rings (SSSR count). The zero-order valence-corrected chi connectivity index (χ0v) is 6.51. The third kappa shape index (κ3) is 0.664. The van der Waals surface area contributed by atoms with Crippen LogP contribution in [0.25, 0.3) is 0 Å². The van der Waals surface area contributed by atoms with E-state index in [-0.39, 0.29) is 0 Å². The predicted octanol–water partition coefficient (Wildman–Crippen LogP) is 0.371. The molecule has 0 saturated heterocycles. The largest absolute Gasteiger partial charge is 0.323 e. The molecule has 0 saturated carbocycles. The number of nitrogens with zero attached hydrogens (tertiary/aromatic N) is 4. The van der Waals surface area contributed by atoms with Crippen molar-refractivity contribution in [2.24, 2.45) is 9.98 Å². The fraction of sp³-hybridized carbons (Fsp3) is 0.250. The molecular formula is C8H8N4. The fourth-order valence-electron chi connectivity index (χ4n) is 1.51. The summed E-state index contributed by atoms with van der Waals surface area (Å²) >= 11 is 0. The zero-order valence-electron chi connectivity index (χ0n) is 6.51. The molecule has 3 aliphatic rings. The Morgan fingerprint density at radius 2 is 1.42 bits per heavy atom. The van der Waals surface area contributed by atoms with Crippen LogP contribution in [0.3, 0.4) is 0 Å². The molecule has 60 valence electrons. The van der Waals surface area contributed by atoms with Crippen molar-refractivity contribution in [2.45, 2.75) is 0 Å². The van der Waals surface area contributed by atoms with E-state index >= 15 is 0 Å². The van der Waals surface area contributed by atoms with Gasteiger partial charge in [-0.05, 0) is 0 Å². The number of rotatable bonds is 0. The first-order valence-corrected chi connectivity index (χ1v) is 3.95. The monoisotopic (exact) mass is 160 g/mol. The molecule has 3 aliphatic heterocycles. The fourth-order valence-corrected chi connectivity index (χ4v) is 1.51. The molecule has 3 heterocycles. The number of fused-ring (bicyclic) bond motifs is 2. The van der Waals surface area contributed by atoms with Crippen LogP contribution in [0.2, 0.25) is 0 Å². The van der Waals surface area contributed by atoms with E-state index in [4.69, 9.17) is 0 Å². The first kappa shape index (κ1) is 5.99. The highest BCUT2D eigenvalue weighted by Crippen LogP contribution is 2.24. The molecule has 0 bridgehead atoms. The molecular weight excluding hydrogens is 152 g/mol. The van der Waals surface area contributed by atoms with E-state index < -0.39 is 0 Å². The number of aliphatic imine (C=N–C) groups is 2. The first-order valence-electron chi connectivity index (χ1n) is 3.95. The molecule has 0 spiro atoms. The second-order valence-electron chi connectivity index (χ2n) is 2.90. The Morgan fingerprint density at radius 1 is 0.917 bits per heavy atom. The van der Waals surface area contributed by atoms with Gasteiger partial charge < -0.3 is 9.80 Å². The smallest absolute Gasteiger partial charge is 0.149 e. The minimum atomic E-state index is 0.874. The van der Waals surface area contributed by atoms with Gasteiger partial charge in [0.05, 0.1) is 13.1 Å². The van der Waals surface area contributed by atoms with Gasteiger partial charge in [0.1, 0.15) is 11.6 Å². The van der Waals surface area contributed by atoms with E-state index in [9.17, 15) is 0 Å². The van der Waals surface area contributed by atoms with Crippen molar-refractivity contribution in [3.63, 3.8) is 0 Å². The summed E-state index contributed by atoms with van der Waals surface area (Å²) in [6.07, 6.45) is 7.89. The van der Waals surface area contributed by atoms with Crippen LogP contribution in [0.5, 0.6) is 0 Å². The summed E-state index contributed by atoms with van der Waals surface area (Å²) < 4.78 is 0. The van der Waals surface area contributed by atoms with E-state index in [2.05, 4.69) is 19.8 Å². The highest BCUT2D eigenvalue weighted by Gasteiger charge is 2.22. The van der Waals surface area contributed by atoms with Gasteiger partial charge in [-0.2, -0.15) is 0 Å². The van der Waals surface area contributed by atoms with E-state index in [1.165, 1.54) is 0 Å². The molecule has 0 radical (unpaired) electrons. The summed E-state index contributed by atoms with van der Waals surface area (Å²) in [5.41, 5.74) is 0. The van der Waals surface area contributed by atoms with E-state index in [1.54, 1.807) is 0 Å². The lowest BCUT2D eigenvalue weighted by Gasteiger charge is -2.24. The molecule has 4 heteroatoms. The van der Waals surface area contributed by atoms with Crippen LogP contribution in [0.15, 0.2) is 34.0 Å². The van der Waals surface area contributed by atoms with E-state index in [0.29, 0.717) is 0 Å². The average Bonchev–Trinajstić information content (AvgIpc) is 2.64. The summed E-state index contributed by atoms with van der Waals surface area (Å²) in [6.45, 7) is 1.75. The van der Waals surface area contributed by atoms with E-state index in [1.807, 2.05) is 24.8 Å². The first-order chi connectivity index (χ1) is 5.93. The van der Waals surface area contributed by atoms with Crippen LogP contribution < -0.4 is 0 Å². The van der Waals surface area contributed by atoms with Gasteiger partial charge in [-0.15, -0.1) is 0 Å². The van der Waals surface area contributed by atoms with Gasteiger partial charge in [0.2, 0.25) is 0 Å². The van der Waals surface area contributed by atoms with E-state index in [0.717, 1.165) is 24.7 Å². The Hall–Kier alpha value is -1.58. The summed E-state index contributed by atoms with van der Waals surface area (Å²) in [6, 6.07) is 0. The lowest BCUT2D eigenvalue weighted by atomic mass is 10.4. The number of hydrogen-bond donors (Lipinski definition) is 0. The average molecular weight is 160 g/mol. The van der Waals surface area contributed by atoms with Gasteiger partial charge in [0.25, 0.3) is 0 Å². The molecule has 0 atom stereocenters. The van der Waals surface area contributed by atoms with Crippen molar-refractivity contribution in [1.82, 2.24) is 9.80 Å². The van der Waals surface area contributed by atoms with Crippen LogP contribution in [-0.2, 0) is 0 Å². The highest BCUT2D eigenvalue weighted by molar-refractivity contribution is 5.68. The highest BCUT2D eigenvalue weighted by atomic mass is 15.3. The minimum Gasteiger partial charge on any atom is -0.323 e. The van der Waals surface area contributed by atoms with Gasteiger partial charge >= 0.3 is 0 Å². The lowest BCUT2D eigenvalue weighted by molar-refractivity contribution is 0.439. The van der Waals surface area contributed by atoms with Crippen LogP contribution in [0.4, 0.5) is 0 Å². The van der Waals surface area contributed by atoms with Crippen molar-refractivity contribution < 1.29 is 0 Å². The Bertz CT molecular complexity index is 303. The van der Waals surface area contributed by atoms with Crippen molar-refractivity contribution in [3.05, 3.63) is 24.0 Å².